The van der Waals surface area contributed by atoms with Gasteiger partial charge in [0.05, 0.1) is 11.3 Å². The highest BCUT2D eigenvalue weighted by Crippen LogP contribution is 2.34. The van der Waals surface area contributed by atoms with Gasteiger partial charge < -0.3 is 15.7 Å². The number of rotatable bonds is 3. The second-order valence-electron chi connectivity index (χ2n) is 4.47. The van der Waals surface area contributed by atoms with Crippen LogP contribution in [0.3, 0.4) is 0 Å². The van der Waals surface area contributed by atoms with Gasteiger partial charge in [0.2, 0.25) is 0 Å². The molecule has 1 aromatic rings. The zero-order valence-corrected chi connectivity index (χ0v) is 9.72. The number of aromatic hydroxyl groups is 1. The number of hydrogen-bond donors (Lipinski definition) is 3. The van der Waals surface area contributed by atoms with Gasteiger partial charge in [0, 0.05) is 6.54 Å². The molecule has 0 bridgehead atoms. The SMILES string of the molecule is Oc1cc(C(F)(F)F)ccc1NCC1CCNC1. The van der Waals surface area contributed by atoms with Crippen LogP contribution in [-0.2, 0) is 6.18 Å². The molecule has 1 aliphatic rings. The van der Waals surface area contributed by atoms with Crippen molar-refractivity contribution < 1.29 is 18.3 Å². The summed E-state index contributed by atoms with van der Waals surface area (Å²) < 4.78 is 37.2. The summed E-state index contributed by atoms with van der Waals surface area (Å²) in [6.45, 7) is 2.51. The first-order valence-corrected chi connectivity index (χ1v) is 5.81. The van der Waals surface area contributed by atoms with E-state index in [-0.39, 0.29) is 5.75 Å². The van der Waals surface area contributed by atoms with Crippen molar-refractivity contribution in [2.45, 2.75) is 12.6 Å². The van der Waals surface area contributed by atoms with Crippen LogP contribution in [0.25, 0.3) is 0 Å². The Bertz CT molecular complexity index is 414. The zero-order valence-electron chi connectivity index (χ0n) is 9.72. The first-order valence-electron chi connectivity index (χ1n) is 5.81. The smallest absolute Gasteiger partial charge is 0.416 e. The summed E-state index contributed by atoms with van der Waals surface area (Å²) in [4.78, 5) is 0. The normalized spacial score (nSPS) is 20.1. The van der Waals surface area contributed by atoms with Gasteiger partial charge in [0.15, 0.2) is 0 Å². The second kappa shape index (κ2) is 5.06. The van der Waals surface area contributed by atoms with E-state index in [2.05, 4.69) is 10.6 Å². The molecule has 6 heteroatoms. The van der Waals surface area contributed by atoms with Crippen molar-refractivity contribution in [1.29, 1.82) is 0 Å². The number of hydrogen-bond acceptors (Lipinski definition) is 3. The number of halogens is 3. The molecule has 3 nitrogen and oxygen atoms in total. The fourth-order valence-corrected chi connectivity index (χ4v) is 2.00. The molecule has 0 spiro atoms. The average molecular weight is 260 g/mol. The standard InChI is InChI=1S/C12H15F3N2O/c13-12(14,15)9-1-2-10(11(18)5-9)17-7-8-3-4-16-6-8/h1-2,5,8,16-18H,3-4,6-7H2. The van der Waals surface area contributed by atoms with Crippen molar-refractivity contribution in [2.75, 3.05) is 25.0 Å². The van der Waals surface area contributed by atoms with Crippen LogP contribution in [0.5, 0.6) is 5.75 Å². The van der Waals surface area contributed by atoms with Crippen molar-refractivity contribution in [3.8, 4) is 5.75 Å². The number of anilines is 1. The predicted octanol–water partition coefficient (Wildman–Crippen LogP) is 2.43. The number of alkyl halides is 3. The number of nitrogens with one attached hydrogen (secondary N) is 2. The largest absolute Gasteiger partial charge is 0.506 e. The van der Waals surface area contributed by atoms with E-state index in [9.17, 15) is 18.3 Å². The van der Waals surface area contributed by atoms with Crippen LogP contribution in [0.15, 0.2) is 18.2 Å². The molecule has 0 aliphatic carbocycles. The van der Waals surface area contributed by atoms with Crippen molar-refractivity contribution in [3.05, 3.63) is 23.8 Å². The molecule has 1 fully saturated rings. The summed E-state index contributed by atoms with van der Waals surface area (Å²) in [6, 6.07) is 2.98. The topological polar surface area (TPSA) is 44.3 Å². The van der Waals surface area contributed by atoms with E-state index >= 15 is 0 Å². The summed E-state index contributed by atoms with van der Waals surface area (Å²) in [6.07, 6.45) is -3.39. The lowest BCUT2D eigenvalue weighted by Crippen LogP contribution is -2.17. The van der Waals surface area contributed by atoms with Gasteiger partial charge in [-0.15, -0.1) is 0 Å². The maximum absolute atomic E-state index is 12.4. The van der Waals surface area contributed by atoms with Crippen LogP contribution in [0.1, 0.15) is 12.0 Å². The molecule has 1 atom stereocenters. The Morgan fingerprint density at radius 2 is 2.17 bits per heavy atom. The Balaban J connectivity index is 2.01. The Labute approximate surface area is 103 Å². The Hall–Kier alpha value is -1.43. The monoisotopic (exact) mass is 260 g/mol. The van der Waals surface area contributed by atoms with E-state index in [1.54, 1.807) is 0 Å². The summed E-state index contributed by atoms with van der Waals surface area (Å²) in [5.74, 6) is 0.0856. The van der Waals surface area contributed by atoms with Gasteiger partial charge in [0.1, 0.15) is 5.75 Å². The maximum atomic E-state index is 12.4. The lowest BCUT2D eigenvalue weighted by molar-refractivity contribution is -0.137. The third-order valence-electron chi connectivity index (χ3n) is 3.07. The van der Waals surface area contributed by atoms with Gasteiger partial charge in [-0.25, -0.2) is 0 Å². The van der Waals surface area contributed by atoms with Crippen LogP contribution in [-0.4, -0.2) is 24.7 Å². The summed E-state index contributed by atoms with van der Waals surface area (Å²) in [5.41, 5.74) is -0.497. The van der Waals surface area contributed by atoms with E-state index in [1.807, 2.05) is 0 Å². The molecule has 1 aromatic carbocycles. The van der Waals surface area contributed by atoms with E-state index in [4.69, 9.17) is 0 Å². The average Bonchev–Trinajstić information content (AvgIpc) is 2.79. The van der Waals surface area contributed by atoms with Crippen LogP contribution >= 0.6 is 0 Å². The number of phenols is 1. The van der Waals surface area contributed by atoms with Gasteiger partial charge >= 0.3 is 6.18 Å². The molecular weight excluding hydrogens is 245 g/mol. The first-order chi connectivity index (χ1) is 8.47. The Morgan fingerprint density at radius 1 is 1.39 bits per heavy atom. The van der Waals surface area contributed by atoms with Crippen LogP contribution < -0.4 is 10.6 Å². The minimum absolute atomic E-state index is 0.342. The third-order valence-corrected chi connectivity index (χ3v) is 3.07. The highest BCUT2D eigenvalue weighted by molar-refractivity contribution is 5.57. The van der Waals surface area contributed by atoms with E-state index < -0.39 is 11.7 Å². The highest BCUT2D eigenvalue weighted by Gasteiger charge is 2.31. The van der Waals surface area contributed by atoms with Crippen molar-refractivity contribution >= 4 is 5.69 Å². The van der Waals surface area contributed by atoms with E-state index in [1.165, 1.54) is 6.07 Å². The molecule has 0 amide bonds. The Kier molecular flexibility index (Phi) is 3.65. The molecule has 2 rings (SSSR count). The lowest BCUT2D eigenvalue weighted by atomic mass is 10.1. The van der Waals surface area contributed by atoms with Crippen LogP contribution in [0, 0.1) is 5.92 Å². The molecule has 1 saturated heterocycles. The fraction of sp³-hybridized carbons (Fsp3) is 0.500. The minimum Gasteiger partial charge on any atom is -0.506 e. The van der Waals surface area contributed by atoms with Crippen molar-refractivity contribution in [3.63, 3.8) is 0 Å². The second-order valence-corrected chi connectivity index (χ2v) is 4.47. The molecule has 1 unspecified atom stereocenters. The molecular formula is C12H15F3N2O. The van der Waals surface area contributed by atoms with Gasteiger partial charge in [-0.1, -0.05) is 0 Å². The third kappa shape index (κ3) is 3.07. The zero-order chi connectivity index (χ0) is 13.2. The van der Waals surface area contributed by atoms with Crippen LogP contribution in [0.4, 0.5) is 18.9 Å². The summed E-state index contributed by atoms with van der Waals surface area (Å²) in [7, 11) is 0. The first kappa shape index (κ1) is 13.0. The molecule has 0 radical (unpaired) electrons. The fourth-order valence-electron chi connectivity index (χ4n) is 2.00. The lowest BCUT2D eigenvalue weighted by Gasteiger charge is -2.14. The molecule has 18 heavy (non-hydrogen) atoms. The Morgan fingerprint density at radius 3 is 2.72 bits per heavy atom. The van der Waals surface area contributed by atoms with Gasteiger partial charge in [-0.3, -0.25) is 0 Å². The van der Waals surface area contributed by atoms with Gasteiger partial charge in [-0.05, 0) is 43.6 Å². The van der Waals surface area contributed by atoms with Gasteiger partial charge in [-0.2, -0.15) is 13.2 Å². The molecule has 1 heterocycles. The molecule has 0 saturated carbocycles. The molecule has 0 aromatic heterocycles. The molecule has 100 valence electrons. The summed E-state index contributed by atoms with van der Waals surface area (Å²) >= 11 is 0. The number of benzene rings is 1. The number of phenolic OH excluding ortho intramolecular Hbond substituents is 1. The predicted molar refractivity (Wildman–Crippen MR) is 62.6 cm³/mol. The van der Waals surface area contributed by atoms with E-state index in [0.29, 0.717) is 18.2 Å². The maximum Gasteiger partial charge on any atom is 0.416 e. The van der Waals surface area contributed by atoms with Crippen LogP contribution in [0.2, 0.25) is 0 Å². The van der Waals surface area contributed by atoms with E-state index in [0.717, 1.165) is 31.6 Å². The molecule has 3 N–H and O–H groups in total. The summed E-state index contributed by atoms with van der Waals surface area (Å²) in [5, 5.41) is 15.7. The van der Waals surface area contributed by atoms with Gasteiger partial charge in [0.25, 0.3) is 0 Å². The van der Waals surface area contributed by atoms with Crippen molar-refractivity contribution in [2.24, 2.45) is 5.92 Å². The molecule has 1 aliphatic heterocycles. The van der Waals surface area contributed by atoms with Crippen molar-refractivity contribution in [1.82, 2.24) is 5.32 Å². The minimum atomic E-state index is -4.43. The highest BCUT2D eigenvalue weighted by atomic mass is 19.4. The quantitative estimate of drug-likeness (QED) is 0.731.